The van der Waals surface area contributed by atoms with Crippen molar-refractivity contribution in [1.29, 1.82) is 0 Å². The number of carbonyl (C=O) groups excluding carboxylic acids is 1. The van der Waals surface area contributed by atoms with E-state index in [1.807, 2.05) is 44.2 Å². The number of hydrogen-bond acceptors (Lipinski definition) is 3. The molecule has 2 aromatic rings. The number of rotatable bonds is 5. The van der Waals surface area contributed by atoms with Crippen LogP contribution in [0.2, 0.25) is 0 Å². The lowest BCUT2D eigenvalue weighted by Gasteiger charge is -2.34. The van der Waals surface area contributed by atoms with Crippen molar-refractivity contribution < 1.29 is 14.6 Å². The number of amides is 1. The average molecular weight is 339 g/mol. The van der Waals surface area contributed by atoms with Gasteiger partial charge in [0, 0.05) is 0 Å². The molecule has 1 aliphatic heterocycles. The summed E-state index contributed by atoms with van der Waals surface area (Å²) in [6.07, 6.45) is -0.389. The second kappa shape index (κ2) is 7.81. The zero-order valence-electron chi connectivity index (χ0n) is 14.7. The average Bonchev–Trinajstić information content (AvgIpc) is 2.60. The Morgan fingerprint density at radius 2 is 1.68 bits per heavy atom. The monoisotopic (exact) mass is 339 g/mol. The van der Waals surface area contributed by atoms with E-state index in [1.165, 1.54) is 5.56 Å². The molecule has 4 nitrogen and oxygen atoms in total. The molecule has 2 N–H and O–H groups in total. The maximum Gasteiger partial charge on any atom is 0.249 e. The largest absolute Gasteiger partial charge is 0.366 e. The summed E-state index contributed by atoms with van der Waals surface area (Å²) in [5.41, 5.74) is 3.36. The van der Waals surface area contributed by atoms with Gasteiger partial charge >= 0.3 is 0 Å². The van der Waals surface area contributed by atoms with E-state index in [0.29, 0.717) is 18.8 Å². The van der Waals surface area contributed by atoms with Crippen LogP contribution in [0, 0.1) is 5.92 Å². The molecule has 2 aromatic carbocycles. The molecule has 3 atom stereocenters. The molecule has 132 valence electrons. The van der Waals surface area contributed by atoms with Crippen molar-refractivity contribution >= 4 is 5.91 Å². The molecule has 1 amide bonds. The van der Waals surface area contributed by atoms with Crippen LogP contribution in [-0.2, 0) is 16.0 Å². The summed E-state index contributed by atoms with van der Waals surface area (Å²) in [5.74, 6) is 0.204. The summed E-state index contributed by atoms with van der Waals surface area (Å²) in [5, 5.41) is 13.1. The Hall–Kier alpha value is -2.17. The predicted octanol–water partition coefficient (Wildman–Crippen LogP) is 3.14. The summed E-state index contributed by atoms with van der Waals surface area (Å²) in [6.45, 7) is 4.06. The van der Waals surface area contributed by atoms with E-state index < -0.39 is 18.4 Å². The third kappa shape index (κ3) is 4.47. The van der Waals surface area contributed by atoms with Crippen LogP contribution in [0.1, 0.15) is 25.8 Å². The number of aliphatic hydroxyl groups is 1. The second-order valence-electron chi connectivity index (χ2n) is 7.03. The minimum absolute atomic E-state index is 0.134. The van der Waals surface area contributed by atoms with Gasteiger partial charge in [-0.05, 0) is 35.4 Å². The number of aliphatic hydroxyl groups excluding tert-OH is 1. The molecule has 0 radical (unpaired) electrons. The summed E-state index contributed by atoms with van der Waals surface area (Å²) < 4.78 is 5.53. The topological polar surface area (TPSA) is 58.6 Å². The molecule has 1 saturated heterocycles. The van der Waals surface area contributed by atoms with Gasteiger partial charge in [0.15, 0.2) is 6.29 Å². The van der Waals surface area contributed by atoms with Gasteiger partial charge in [0.1, 0.15) is 6.10 Å². The number of nitrogens with one attached hydrogen (secondary N) is 1. The molecular weight excluding hydrogens is 314 g/mol. The zero-order valence-corrected chi connectivity index (χ0v) is 14.7. The molecule has 4 heteroatoms. The summed E-state index contributed by atoms with van der Waals surface area (Å²) in [6, 6.07) is 17.9. The highest BCUT2D eigenvalue weighted by atomic mass is 16.6. The molecule has 0 saturated carbocycles. The van der Waals surface area contributed by atoms with Gasteiger partial charge in [-0.25, -0.2) is 0 Å². The lowest BCUT2D eigenvalue weighted by atomic mass is 9.98. The normalized spacial score (nSPS) is 23.5. The van der Waals surface area contributed by atoms with Crippen LogP contribution in [0.3, 0.4) is 0 Å². The standard InChI is InChI=1S/C21H25NO3/c1-14(2)12-19-20(23)22-18(21(24)25-19)13-15-8-10-17(11-9-15)16-6-4-3-5-7-16/h3-11,14,18-19,21,24H,12-13H2,1-2H3,(H,22,23)/t18-,19-,21?/m0/s1. The van der Waals surface area contributed by atoms with E-state index >= 15 is 0 Å². The lowest BCUT2D eigenvalue weighted by Crippen LogP contribution is -2.57. The fraction of sp³-hybridized carbons (Fsp3) is 0.381. The predicted molar refractivity (Wildman–Crippen MR) is 97.8 cm³/mol. The SMILES string of the molecule is CC(C)C[C@@H]1OC(O)[C@H](Cc2ccc(-c3ccccc3)cc2)NC1=O. The smallest absolute Gasteiger partial charge is 0.249 e. The molecule has 1 aliphatic rings. The maximum absolute atomic E-state index is 12.2. The number of morpholine rings is 1. The van der Waals surface area contributed by atoms with Crippen molar-refractivity contribution in [3.63, 3.8) is 0 Å². The maximum atomic E-state index is 12.2. The van der Waals surface area contributed by atoms with Crippen molar-refractivity contribution in [2.75, 3.05) is 0 Å². The minimum atomic E-state index is -0.977. The van der Waals surface area contributed by atoms with Crippen LogP contribution in [0.15, 0.2) is 54.6 Å². The van der Waals surface area contributed by atoms with Crippen LogP contribution >= 0.6 is 0 Å². The highest BCUT2D eigenvalue weighted by Gasteiger charge is 2.35. The van der Waals surface area contributed by atoms with Gasteiger partial charge in [-0.2, -0.15) is 0 Å². The number of hydrogen-bond donors (Lipinski definition) is 2. The van der Waals surface area contributed by atoms with Gasteiger partial charge in [0.05, 0.1) is 6.04 Å². The van der Waals surface area contributed by atoms with Crippen LogP contribution in [0.5, 0.6) is 0 Å². The van der Waals surface area contributed by atoms with Crippen molar-refractivity contribution in [1.82, 2.24) is 5.32 Å². The summed E-state index contributed by atoms with van der Waals surface area (Å²) in [4.78, 5) is 12.2. The zero-order chi connectivity index (χ0) is 17.8. The van der Waals surface area contributed by atoms with Gasteiger partial charge in [0.25, 0.3) is 0 Å². The molecule has 1 unspecified atom stereocenters. The second-order valence-corrected chi connectivity index (χ2v) is 7.03. The lowest BCUT2D eigenvalue weighted by molar-refractivity contribution is -0.191. The molecule has 0 aliphatic carbocycles. The third-order valence-corrected chi connectivity index (χ3v) is 4.47. The van der Waals surface area contributed by atoms with Gasteiger partial charge in [-0.1, -0.05) is 68.4 Å². The Morgan fingerprint density at radius 3 is 2.32 bits per heavy atom. The van der Waals surface area contributed by atoms with E-state index in [9.17, 15) is 9.90 Å². The highest BCUT2D eigenvalue weighted by Crippen LogP contribution is 2.22. The Balaban J connectivity index is 1.64. The Kier molecular flexibility index (Phi) is 5.51. The van der Waals surface area contributed by atoms with Gasteiger partial charge in [0.2, 0.25) is 5.91 Å². The van der Waals surface area contributed by atoms with Crippen molar-refractivity contribution in [3.05, 3.63) is 60.2 Å². The summed E-state index contributed by atoms with van der Waals surface area (Å²) in [7, 11) is 0. The van der Waals surface area contributed by atoms with Crippen molar-refractivity contribution in [3.8, 4) is 11.1 Å². The van der Waals surface area contributed by atoms with E-state index in [0.717, 1.165) is 11.1 Å². The van der Waals surface area contributed by atoms with Crippen LogP contribution in [0.25, 0.3) is 11.1 Å². The van der Waals surface area contributed by atoms with E-state index in [2.05, 4.69) is 29.6 Å². The van der Waals surface area contributed by atoms with E-state index in [4.69, 9.17) is 4.74 Å². The Morgan fingerprint density at radius 1 is 1.04 bits per heavy atom. The number of ether oxygens (including phenoxy) is 1. The van der Waals surface area contributed by atoms with Crippen LogP contribution in [-0.4, -0.2) is 29.4 Å². The van der Waals surface area contributed by atoms with Crippen molar-refractivity contribution in [2.24, 2.45) is 5.92 Å². The number of benzene rings is 2. The molecule has 1 fully saturated rings. The van der Waals surface area contributed by atoms with Gasteiger partial charge in [-0.3, -0.25) is 4.79 Å². The van der Waals surface area contributed by atoms with E-state index in [-0.39, 0.29) is 5.91 Å². The molecule has 0 spiro atoms. The quantitative estimate of drug-likeness (QED) is 0.880. The fourth-order valence-corrected chi connectivity index (χ4v) is 3.13. The molecule has 0 bridgehead atoms. The molecule has 3 rings (SSSR count). The Labute approximate surface area is 148 Å². The Bertz CT molecular complexity index is 697. The first kappa shape index (κ1) is 17.6. The summed E-state index contributed by atoms with van der Waals surface area (Å²) >= 11 is 0. The minimum Gasteiger partial charge on any atom is -0.366 e. The van der Waals surface area contributed by atoms with Crippen LogP contribution < -0.4 is 5.32 Å². The fourth-order valence-electron chi connectivity index (χ4n) is 3.13. The first-order valence-corrected chi connectivity index (χ1v) is 8.81. The van der Waals surface area contributed by atoms with Gasteiger partial charge < -0.3 is 15.2 Å². The number of carbonyl (C=O) groups is 1. The third-order valence-electron chi connectivity index (χ3n) is 4.47. The molecular formula is C21H25NO3. The van der Waals surface area contributed by atoms with E-state index in [1.54, 1.807) is 0 Å². The molecule has 25 heavy (non-hydrogen) atoms. The highest BCUT2D eigenvalue weighted by molar-refractivity contribution is 5.81. The first-order chi connectivity index (χ1) is 12.0. The van der Waals surface area contributed by atoms with Gasteiger partial charge in [-0.15, -0.1) is 0 Å². The van der Waals surface area contributed by atoms with Crippen LogP contribution in [0.4, 0.5) is 0 Å². The molecule has 1 heterocycles. The first-order valence-electron chi connectivity index (χ1n) is 8.81. The van der Waals surface area contributed by atoms with Crippen molar-refractivity contribution in [2.45, 2.75) is 45.1 Å². The molecule has 0 aromatic heterocycles.